The van der Waals surface area contributed by atoms with Gasteiger partial charge in [-0.2, -0.15) is 25.2 Å². The second kappa shape index (κ2) is 10.6. The molecule has 0 spiro atoms. The number of aromatic nitrogens is 3. The SMILES string of the molecule is Oc1ccc(N=Nc2ccccc2Cl)cc1/C=N\Nc1nc(N2CCCC2)nc(N2CCCC2)n1. The number of hydrazone groups is 1. The highest BCUT2D eigenvalue weighted by atomic mass is 35.5. The highest BCUT2D eigenvalue weighted by Crippen LogP contribution is 2.28. The van der Waals surface area contributed by atoms with E-state index in [9.17, 15) is 5.11 Å². The molecule has 0 bridgehead atoms. The lowest BCUT2D eigenvalue weighted by atomic mass is 10.2. The Labute approximate surface area is 208 Å². The van der Waals surface area contributed by atoms with Gasteiger partial charge in [-0.25, -0.2) is 5.43 Å². The zero-order valence-electron chi connectivity index (χ0n) is 19.2. The minimum absolute atomic E-state index is 0.0680. The number of benzene rings is 2. The van der Waals surface area contributed by atoms with Crippen LogP contribution < -0.4 is 15.2 Å². The van der Waals surface area contributed by atoms with E-state index in [1.165, 1.54) is 6.21 Å². The molecule has 5 rings (SSSR count). The molecule has 0 radical (unpaired) electrons. The molecule has 0 unspecified atom stereocenters. The molecule has 3 heterocycles. The van der Waals surface area contributed by atoms with Crippen LogP contribution in [-0.2, 0) is 0 Å². The summed E-state index contributed by atoms with van der Waals surface area (Å²) in [6.45, 7) is 3.76. The van der Waals surface area contributed by atoms with Gasteiger partial charge in [0.05, 0.1) is 16.9 Å². The fraction of sp³-hybridized carbons (Fsp3) is 0.333. The van der Waals surface area contributed by atoms with Gasteiger partial charge in [0, 0.05) is 31.7 Å². The standard InChI is InChI=1S/C24H26ClN9O/c25-19-7-1-2-8-20(19)31-30-18-9-10-21(35)17(15-18)16-26-32-22-27-23(33-11-3-4-12-33)29-24(28-22)34-13-5-6-14-34/h1-2,7-10,15-16,35H,3-6,11-14H2,(H,27,28,29,32)/b26-16-,31-30?. The molecular formula is C24H26ClN9O. The van der Waals surface area contributed by atoms with E-state index in [4.69, 9.17) is 16.6 Å². The van der Waals surface area contributed by atoms with Gasteiger partial charge in [-0.15, -0.1) is 5.11 Å². The van der Waals surface area contributed by atoms with Crippen LogP contribution in [0.25, 0.3) is 0 Å². The van der Waals surface area contributed by atoms with E-state index in [0.717, 1.165) is 51.9 Å². The van der Waals surface area contributed by atoms with Crippen LogP contribution in [0.4, 0.5) is 29.2 Å². The first-order valence-electron chi connectivity index (χ1n) is 11.7. The quantitative estimate of drug-likeness (QED) is 0.262. The zero-order valence-corrected chi connectivity index (χ0v) is 19.9. The topological polar surface area (TPSA) is 114 Å². The number of halogens is 1. The Balaban J connectivity index is 1.33. The van der Waals surface area contributed by atoms with Crippen LogP contribution in [0.5, 0.6) is 5.75 Å². The number of phenolic OH excluding ortho intramolecular Hbond substituents is 1. The smallest absolute Gasteiger partial charge is 0.250 e. The summed E-state index contributed by atoms with van der Waals surface area (Å²) in [6, 6.07) is 12.1. The fourth-order valence-corrected chi connectivity index (χ4v) is 4.21. The lowest BCUT2D eigenvalue weighted by Gasteiger charge is -2.20. The van der Waals surface area contributed by atoms with Gasteiger partial charge in [-0.3, -0.25) is 0 Å². The van der Waals surface area contributed by atoms with Crippen molar-refractivity contribution in [3.05, 3.63) is 53.1 Å². The van der Waals surface area contributed by atoms with Gasteiger partial charge in [-0.05, 0) is 56.0 Å². The number of azo groups is 1. The van der Waals surface area contributed by atoms with E-state index < -0.39 is 0 Å². The highest BCUT2D eigenvalue weighted by molar-refractivity contribution is 6.32. The number of phenols is 1. The summed E-state index contributed by atoms with van der Waals surface area (Å²) in [5.41, 5.74) is 4.50. The third kappa shape index (κ3) is 5.65. The molecular weight excluding hydrogens is 466 g/mol. The molecule has 10 nitrogen and oxygen atoms in total. The van der Waals surface area contributed by atoms with Crippen molar-refractivity contribution in [1.29, 1.82) is 0 Å². The van der Waals surface area contributed by atoms with Crippen LogP contribution in [0.15, 0.2) is 57.8 Å². The van der Waals surface area contributed by atoms with Gasteiger partial charge in [0.1, 0.15) is 11.4 Å². The molecule has 11 heteroatoms. The maximum Gasteiger partial charge on any atom is 0.250 e. The van der Waals surface area contributed by atoms with E-state index in [2.05, 4.69) is 40.5 Å². The second-order valence-electron chi connectivity index (χ2n) is 8.41. The Bertz CT molecular complexity index is 1200. The molecule has 2 saturated heterocycles. The number of nitrogens with zero attached hydrogens (tertiary/aromatic N) is 8. The summed E-state index contributed by atoms with van der Waals surface area (Å²) in [4.78, 5) is 18.2. The molecule has 0 aliphatic carbocycles. The largest absolute Gasteiger partial charge is 0.507 e. The highest BCUT2D eigenvalue weighted by Gasteiger charge is 2.21. The first-order valence-corrected chi connectivity index (χ1v) is 12.1. The lowest BCUT2D eigenvalue weighted by Crippen LogP contribution is -2.25. The molecule has 0 saturated carbocycles. The summed E-state index contributed by atoms with van der Waals surface area (Å²) in [5.74, 6) is 1.77. The predicted octanol–water partition coefficient (Wildman–Crippen LogP) is 5.29. The van der Waals surface area contributed by atoms with Crippen LogP contribution in [0.3, 0.4) is 0 Å². The molecule has 2 aliphatic heterocycles. The van der Waals surface area contributed by atoms with E-state index in [-0.39, 0.29) is 5.75 Å². The summed E-state index contributed by atoms with van der Waals surface area (Å²) in [5, 5.41) is 23.5. The average Bonchev–Trinajstić information content (AvgIpc) is 3.60. The van der Waals surface area contributed by atoms with Gasteiger partial charge >= 0.3 is 0 Å². The van der Waals surface area contributed by atoms with Gasteiger partial charge in [0.2, 0.25) is 17.8 Å². The zero-order chi connectivity index (χ0) is 24.0. The van der Waals surface area contributed by atoms with Crippen LogP contribution in [0.1, 0.15) is 31.2 Å². The van der Waals surface area contributed by atoms with Crippen LogP contribution in [-0.4, -0.2) is 52.5 Å². The molecule has 35 heavy (non-hydrogen) atoms. The van der Waals surface area contributed by atoms with Gasteiger partial charge in [0.15, 0.2) is 0 Å². The Kier molecular flexibility index (Phi) is 6.99. The van der Waals surface area contributed by atoms with Gasteiger partial charge < -0.3 is 14.9 Å². The van der Waals surface area contributed by atoms with Gasteiger partial charge in [-0.1, -0.05) is 23.7 Å². The normalized spacial score (nSPS) is 16.1. The van der Waals surface area contributed by atoms with Crippen molar-refractivity contribution in [2.75, 3.05) is 41.4 Å². The molecule has 2 aliphatic rings. The third-order valence-corrected chi connectivity index (χ3v) is 6.21. The van der Waals surface area contributed by atoms with Crippen molar-refractivity contribution < 1.29 is 5.11 Å². The van der Waals surface area contributed by atoms with E-state index in [0.29, 0.717) is 39.8 Å². The summed E-state index contributed by atoms with van der Waals surface area (Å²) in [6.07, 6.45) is 6.03. The fourth-order valence-electron chi connectivity index (χ4n) is 4.03. The van der Waals surface area contributed by atoms with Gasteiger partial charge in [0.25, 0.3) is 0 Å². The molecule has 1 aromatic heterocycles. The summed E-state index contributed by atoms with van der Waals surface area (Å²) < 4.78 is 0. The Morgan fingerprint density at radius 2 is 1.51 bits per heavy atom. The number of aromatic hydroxyl groups is 1. The first kappa shape index (κ1) is 23.0. The molecule has 0 atom stereocenters. The van der Waals surface area contributed by atoms with Crippen LogP contribution in [0.2, 0.25) is 5.02 Å². The Hall–Kier alpha value is -3.79. The Morgan fingerprint density at radius 3 is 2.17 bits per heavy atom. The maximum atomic E-state index is 10.3. The van der Waals surface area contributed by atoms with E-state index >= 15 is 0 Å². The first-order chi connectivity index (χ1) is 17.2. The van der Waals surface area contributed by atoms with Crippen molar-refractivity contribution in [1.82, 2.24) is 15.0 Å². The minimum atomic E-state index is 0.0680. The Morgan fingerprint density at radius 1 is 0.857 bits per heavy atom. The maximum absolute atomic E-state index is 10.3. The lowest BCUT2D eigenvalue weighted by molar-refractivity contribution is 0.474. The molecule has 2 aromatic carbocycles. The number of anilines is 3. The van der Waals surface area contributed by atoms with E-state index in [1.807, 2.05) is 12.1 Å². The van der Waals surface area contributed by atoms with Crippen molar-refractivity contribution in [2.45, 2.75) is 25.7 Å². The van der Waals surface area contributed by atoms with Crippen molar-refractivity contribution >= 4 is 47.0 Å². The van der Waals surface area contributed by atoms with Crippen LogP contribution in [0, 0.1) is 0 Å². The average molecular weight is 492 g/mol. The van der Waals surface area contributed by atoms with E-state index in [1.54, 1.807) is 30.3 Å². The second-order valence-corrected chi connectivity index (χ2v) is 8.82. The molecule has 180 valence electrons. The summed E-state index contributed by atoms with van der Waals surface area (Å²) in [7, 11) is 0. The molecule has 2 fully saturated rings. The minimum Gasteiger partial charge on any atom is -0.507 e. The van der Waals surface area contributed by atoms with Crippen molar-refractivity contribution in [3.63, 3.8) is 0 Å². The number of hydrogen-bond donors (Lipinski definition) is 2. The predicted molar refractivity (Wildman–Crippen MR) is 138 cm³/mol. The molecule has 0 amide bonds. The number of hydrogen-bond acceptors (Lipinski definition) is 10. The number of nitrogens with one attached hydrogen (secondary N) is 1. The monoisotopic (exact) mass is 491 g/mol. The molecule has 2 N–H and O–H groups in total. The number of rotatable bonds is 7. The van der Waals surface area contributed by atoms with Crippen molar-refractivity contribution in [2.24, 2.45) is 15.3 Å². The third-order valence-electron chi connectivity index (χ3n) is 5.89. The summed E-state index contributed by atoms with van der Waals surface area (Å²) >= 11 is 6.13. The molecule has 3 aromatic rings. The van der Waals surface area contributed by atoms with Crippen LogP contribution >= 0.6 is 11.6 Å². The van der Waals surface area contributed by atoms with Crippen molar-refractivity contribution in [3.8, 4) is 5.75 Å².